The van der Waals surface area contributed by atoms with E-state index in [0.29, 0.717) is 31.3 Å². The Balaban J connectivity index is -0.000000737. The second kappa shape index (κ2) is 33.6. The van der Waals surface area contributed by atoms with Crippen LogP contribution in [0.4, 0.5) is 0 Å². The molecule has 49 heavy (non-hydrogen) atoms. The Labute approximate surface area is 298 Å². The highest BCUT2D eigenvalue weighted by atomic mass is 16.5. The summed E-state index contributed by atoms with van der Waals surface area (Å²) < 4.78 is 11.3. The summed E-state index contributed by atoms with van der Waals surface area (Å²) >= 11 is 0. The first-order valence-corrected chi connectivity index (χ1v) is 17.3. The second-order valence-corrected chi connectivity index (χ2v) is 12.1. The number of likely N-dealkylation sites (tertiary alicyclic amines) is 1. The fourth-order valence-electron chi connectivity index (χ4n) is 5.24. The molecule has 7 N–H and O–H groups in total. The van der Waals surface area contributed by atoms with Crippen molar-refractivity contribution >= 4 is 24.3 Å². The van der Waals surface area contributed by atoms with Crippen molar-refractivity contribution in [2.75, 3.05) is 62.0 Å². The SMILES string of the molecule is CCC.CCC(C)C(C(CC(=O)N1CCCC1C(OC)C(C)C=O)OC)N(C)C.CNC/C(=N/N)NN.CNCC=O.Cc1ccccc1. The highest BCUT2D eigenvalue weighted by molar-refractivity contribution is 5.83. The van der Waals surface area contributed by atoms with Gasteiger partial charge in [-0.3, -0.25) is 4.79 Å². The van der Waals surface area contributed by atoms with Crippen LogP contribution in [0, 0.1) is 18.8 Å². The number of carbonyl (C=O) groups excluding carboxylic acids is 3. The number of amides is 1. The Kier molecular flexibility index (Phi) is 34.5. The van der Waals surface area contributed by atoms with Gasteiger partial charge in [-0.2, -0.15) is 5.10 Å². The minimum atomic E-state index is -0.251. The molecule has 1 saturated heterocycles. The predicted octanol–water partition coefficient (Wildman–Crippen LogP) is 2.97. The number of methoxy groups -OCH3 is 2. The monoisotopic (exact) mass is 697 g/mol. The number of benzene rings is 1. The maximum atomic E-state index is 13.1. The van der Waals surface area contributed by atoms with Gasteiger partial charge in [0.25, 0.3) is 0 Å². The first kappa shape index (κ1) is 50.4. The van der Waals surface area contributed by atoms with E-state index < -0.39 is 0 Å². The number of aryl methyl sites for hydroxylation is 1. The summed E-state index contributed by atoms with van der Waals surface area (Å²) in [7, 11) is 10.9. The molecule has 0 spiro atoms. The summed E-state index contributed by atoms with van der Waals surface area (Å²) in [5.74, 6) is 10.7. The summed E-state index contributed by atoms with van der Waals surface area (Å²) in [5.41, 5.74) is 3.64. The summed E-state index contributed by atoms with van der Waals surface area (Å²) in [6, 6.07) is 10.4. The number of ether oxygens (including phenoxy) is 2. The van der Waals surface area contributed by atoms with Crippen molar-refractivity contribution in [3.05, 3.63) is 35.9 Å². The molecule has 0 bridgehead atoms. The molecule has 6 unspecified atom stereocenters. The molecule has 6 atom stereocenters. The van der Waals surface area contributed by atoms with Crippen molar-refractivity contribution in [3.8, 4) is 0 Å². The van der Waals surface area contributed by atoms with Gasteiger partial charge in [-0.1, -0.05) is 83.4 Å². The number of hydrazone groups is 1. The molecule has 0 aromatic heterocycles. The zero-order valence-corrected chi connectivity index (χ0v) is 32.7. The third-order valence-electron chi connectivity index (χ3n) is 7.78. The topological polar surface area (TPSA) is 177 Å². The van der Waals surface area contributed by atoms with Crippen LogP contribution in [0.15, 0.2) is 35.4 Å². The fourth-order valence-corrected chi connectivity index (χ4v) is 5.24. The number of nitrogens with zero attached hydrogens (tertiary/aromatic N) is 3. The summed E-state index contributed by atoms with van der Waals surface area (Å²) in [5, 5.41) is 8.78. The van der Waals surface area contributed by atoms with Gasteiger partial charge in [-0.05, 0) is 53.9 Å². The van der Waals surface area contributed by atoms with E-state index in [1.165, 1.54) is 12.0 Å². The van der Waals surface area contributed by atoms with Crippen LogP contribution in [0.1, 0.15) is 72.3 Å². The lowest BCUT2D eigenvalue weighted by atomic mass is 9.91. The molecule has 286 valence electrons. The number of aldehydes is 2. The molecular weight excluding hydrogens is 624 g/mol. The average molecular weight is 697 g/mol. The van der Waals surface area contributed by atoms with Crippen molar-refractivity contribution in [3.63, 3.8) is 0 Å². The number of rotatable bonds is 15. The van der Waals surface area contributed by atoms with Crippen molar-refractivity contribution < 1.29 is 23.9 Å². The normalized spacial score (nSPS) is 16.7. The number of hydrazine groups is 1. The van der Waals surface area contributed by atoms with Crippen LogP contribution in [-0.4, -0.2) is 120 Å². The largest absolute Gasteiger partial charge is 0.379 e. The van der Waals surface area contributed by atoms with Gasteiger partial charge in [0.15, 0.2) is 0 Å². The molecular formula is C36H72N8O5. The molecule has 2 rings (SSSR count). The van der Waals surface area contributed by atoms with Gasteiger partial charge in [-0.15, -0.1) is 0 Å². The Hall–Kier alpha value is -2.94. The average Bonchev–Trinajstić information content (AvgIpc) is 3.58. The van der Waals surface area contributed by atoms with Crippen LogP contribution in [0.2, 0.25) is 0 Å². The molecule has 1 aliphatic heterocycles. The number of carbonyl (C=O) groups is 3. The lowest BCUT2D eigenvalue weighted by Crippen LogP contribution is -2.50. The van der Waals surface area contributed by atoms with E-state index in [0.717, 1.165) is 38.4 Å². The number of amidine groups is 1. The van der Waals surface area contributed by atoms with E-state index in [-0.39, 0.29) is 36.1 Å². The fraction of sp³-hybridized carbons (Fsp3) is 0.722. The van der Waals surface area contributed by atoms with Gasteiger partial charge >= 0.3 is 0 Å². The minimum Gasteiger partial charge on any atom is -0.379 e. The van der Waals surface area contributed by atoms with Crippen LogP contribution >= 0.6 is 0 Å². The van der Waals surface area contributed by atoms with E-state index in [4.69, 9.17) is 21.2 Å². The number of hydrogen-bond donors (Lipinski definition) is 5. The molecule has 13 nitrogen and oxygen atoms in total. The van der Waals surface area contributed by atoms with Crippen molar-refractivity contribution in [1.29, 1.82) is 0 Å². The number of likely N-dealkylation sites (N-methyl/N-ethyl adjacent to an activating group) is 3. The van der Waals surface area contributed by atoms with Crippen LogP contribution in [0.5, 0.6) is 0 Å². The second-order valence-electron chi connectivity index (χ2n) is 12.1. The number of nitrogens with two attached hydrogens (primary N) is 2. The third-order valence-corrected chi connectivity index (χ3v) is 7.78. The maximum absolute atomic E-state index is 13.1. The first-order chi connectivity index (χ1) is 23.4. The smallest absolute Gasteiger partial charge is 0.225 e. The van der Waals surface area contributed by atoms with Crippen molar-refractivity contribution in [1.82, 2.24) is 25.9 Å². The molecule has 1 amide bonds. The van der Waals surface area contributed by atoms with Crippen LogP contribution in [-0.2, 0) is 23.9 Å². The summed E-state index contributed by atoms with van der Waals surface area (Å²) in [6.07, 6.45) is 5.79. The molecule has 0 saturated carbocycles. The van der Waals surface area contributed by atoms with Crippen molar-refractivity contribution in [2.24, 2.45) is 28.6 Å². The van der Waals surface area contributed by atoms with Gasteiger partial charge in [0, 0.05) is 32.7 Å². The highest BCUT2D eigenvalue weighted by Crippen LogP contribution is 2.28. The van der Waals surface area contributed by atoms with Crippen LogP contribution < -0.4 is 27.7 Å². The van der Waals surface area contributed by atoms with Crippen LogP contribution in [0.3, 0.4) is 0 Å². The molecule has 0 aliphatic carbocycles. The minimum absolute atomic E-state index is 0.0355. The van der Waals surface area contributed by atoms with E-state index in [9.17, 15) is 14.4 Å². The van der Waals surface area contributed by atoms with E-state index in [1.807, 2.05) is 44.1 Å². The zero-order chi connectivity index (χ0) is 38.2. The lowest BCUT2D eigenvalue weighted by Gasteiger charge is -2.37. The van der Waals surface area contributed by atoms with E-state index in [1.54, 1.807) is 28.3 Å². The quantitative estimate of drug-likeness (QED) is 0.0599. The van der Waals surface area contributed by atoms with E-state index >= 15 is 0 Å². The number of hydrogen-bond acceptors (Lipinski definition) is 11. The Morgan fingerprint density at radius 3 is 1.98 bits per heavy atom. The van der Waals surface area contributed by atoms with Gasteiger partial charge < -0.3 is 50.8 Å². The zero-order valence-electron chi connectivity index (χ0n) is 32.7. The predicted molar refractivity (Wildman–Crippen MR) is 203 cm³/mol. The Bertz CT molecular complexity index is 955. The molecule has 13 heteroatoms. The van der Waals surface area contributed by atoms with Crippen molar-refractivity contribution in [2.45, 2.75) is 97.9 Å². The molecule has 0 radical (unpaired) electrons. The highest BCUT2D eigenvalue weighted by Gasteiger charge is 2.39. The summed E-state index contributed by atoms with van der Waals surface area (Å²) in [4.78, 5) is 37.7. The van der Waals surface area contributed by atoms with Gasteiger partial charge in [0.1, 0.15) is 18.4 Å². The molecule has 1 aliphatic rings. The van der Waals surface area contributed by atoms with Crippen LogP contribution in [0.25, 0.3) is 0 Å². The molecule has 1 aromatic carbocycles. The van der Waals surface area contributed by atoms with E-state index in [2.05, 4.69) is 72.8 Å². The molecule has 1 heterocycles. The molecule has 1 fully saturated rings. The maximum Gasteiger partial charge on any atom is 0.225 e. The molecule has 1 aromatic rings. The van der Waals surface area contributed by atoms with Gasteiger partial charge in [0.2, 0.25) is 5.91 Å². The Morgan fingerprint density at radius 2 is 1.67 bits per heavy atom. The van der Waals surface area contributed by atoms with Gasteiger partial charge in [0.05, 0.1) is 37.8 Å². The standard InChI is InChI=1S/C20H38N2O4.C7H8.C3H11N5.C3H7NO.C3H8/c1-8-14(2)19(21(4)5)17(25-6)12-18(24)22-11-9-10-16(22)20(26-7)15(3)13-23;1-7-5-3-2-4-6-7;1-6-2-3(7-4)8-5;1-4-2-3-5;1-3-2/h13-17,19-20H,8-12H2,1-7H3;2-6H,1H3;6H,2,4-5H2,1H3,(H,7,8);3-4H,2H2,1H3;3H2,1-2H3. The summed E-state index contributed by atoms with van der Waals surface area (Å²) in [6.45, 7) is 14.3. The van der Waals surface area contributed by atoms with Gasteiger partial charge in [-0.25, -0.2) is 5.84 Å². The third kappa shape index (κ3) is 23.2. The lowest BCUT2D eigenvalue weighted by molar-refractivity contribution is -0.140. The number of nitrogens with one attached hydrogen (secondary N) is 3. The first-order valence-electron chi connectivity index (χ1n) is 17.3. The Morgan fingerprint density at radius 1 is 1.08 bits per heavy atom.